The normalized spacial score (nSPS) is 16.4. The molecule has 0 radical (unpaired) electrons. The number of rotatable bonds is 4. The minimum atomic E-state index is -2.59. The number of carbonyl (C=O) groups excluding carboxylic acids is 1. The number of likely N-dealkylation sites (tertiary alicyclic amines) is 1. The Morgan fingerprint density at radius 2 is 2.07 bits per heavy atom. The van der Waals surface area contributed by atoms with Gasteiger partial charge in [0, 0.05) is 12.4 Å². The number of halogens is 2. The van der Waals surface area contributed by atoms with E-state index in [4.69, 9.17) is 0 Å². The molecule has 4 heterocycles. The number of hydrogen-bond donors (Lipinski definition) is 2. The number of anilines is 1. The molecule has 7 nitrogen and oxygen atoms in total. The fourth-order valence-corrected chi connectivity index (χ4v) is 3.53. The van der Waals surface area contributed by atoms with Gasteiger partial charge < -0.3 is 10.2 Å². The molecule has 1 aliphatic heterocycles. The molecular formula is C20H19F2N6O+. The van der Waals surface area contributed by atoms with E-state index >= 15 is 0 Å². The molecule has 0 atom stereocenters. The second-order valence-electron chi connectivity index (χ2n) is 7.09. The number of nitriles is 1. The van der Waals surface area contributed by atoms with E-state index < -0.39 is 11.8 Å². The third kappa shape index (κ3) is 3.93. The van der Waals surface area contributed by atoms with Gasteiger partial charge in [-0.15, -0.1) is 0 Å². The second-order valence-corrected chi connectivity index (χ2v) is 7.09. The van der Waals surface area contributed by atoms with E-state index in [0.29, 0.717) is 25.3 Å². The molecule has 1 aliphatic rings. The monoisotopic (exact) mass is 397 g/mol. The highest BCUT2D eigenvalue weighted by molar-refractivity contribution is 6.02. The number of nitrogens with one attached hydrogen (secondary N) is 2. The van der Waals surface area contributed by atoms with Crippen molar-refractivity contribution in [2.75, 3.05) is 18.4 Å². The summed E-state index contributed by atoms with van der Waals surface area (Å²) in [5.74, 6) is -2.76. The van der Waals surface area contributed by atoms with Crippen LogP contribution in [0.25, 0.3) is 5.52 Å². The summed E-state index contributed by atoms with van der Waals surface area (Å²) in [6, 6.07) is 10.6. The Morgan fingerprint density at radius 3 is 2.83 bits per heavy atom. The topological polar surface area (TPSA) is 87.5 Å². The largest absolute Gasteiger partial charge is 0.329 e. The van der Waals surface area contributed by atoms with Gasteiger partial charge in [-0.3, -0.25) is 9.20 Å². The molecule has 0 bridgehead atoms. The highest BCUT2D eigenvalue weighted by atomic mass is 19.3. The molecule has 9 heteroatoms. The Morgan fingerprint density at radius 1 is 1.28 bits per heavy atom. The number of pyridine rings is 2. The van der Waals surface area contributed by atoms with Crippen molar-refractivity contribution in [3.05, 3.63) is 59.8 Å². The van der Waals surface area contributed by atoms with Gasteiger partial charge in [0.2, 0.25) is 5.82 Å². The zero-order chi connectivity index (χ0) is 20.4. The lowest BCUT2D eigenvalue weighted by molar-refractivity contribution is -0.921. The van der Waals surface area contributed by atoms with Crippen LogP contribution in [-0.4, -0.2) is 39.3 Å². The quantitative estimate of drug-likeness (QED) is 0.701. The number of piperidine rings is 1. The van der Waals surface area contributed by atoms with Crippen molar-refractivity contribution in [1.29, 1.82) is 5.26 Å². The number of hydrogen-bond acceptors (Lipinski definition) is 4. The van der Waals surface area contributed by atoms with Gasteiger partial charge in [-0.25, -0.2) is 18.7 Å². The Hall–Kier alpha value is -3.38. The molecule has 1 fully saturated rings. The first-order valence-electron chi connectivity index (χ1n) is 9.31. The first-order valence-corrected chi connectivity index (χ1v) is 9.31. The van der Waals surface area contributed by atoms with Crippen LogP contribution < -0.4 is 10.2 Å². The van der Waals surface area contributed by atoms with Crippen molar-refractivity contribution in [3.8, 4) is 6.07 Å². The van der Waals surface area contributed by atoms with Crippen molar-refractivity contribution >= 4 is 17.2 Å². The Balaban J connectivity index is 1.61. The molecule has 3 aromatic rings. The lowest BCUT2D eigenvalue weighted by Gasteiger charge is -2.28. The Labute approximate surface area is 165 Å². The van der Waals surface area contributed by atoms with E-state index in [0.717, 1.165) is 10.4 Å². The van der Waals surface area contributed by atoms with E-state index in [1.807, 2.05) is 18.2 Å². The van der Waals surface area contributed by atoms with E-state index in [1.54, 1.807) is 28.8 Å². The summed E-state index contributed by atoms with van der Waals surface area (Å²) in [5, 5.41) is 11.8. The van der Waals surface area contributed by atoms with Gasteiger partial charge in [0.1, 0.15) is 18.3 Å². The Bertz CT molecular complexity index is 1090. The number of imidazole rings is 1. The molecule has 0 saturated carbocycles. The van der Waals surface area contributed by atoms with Gasteiger partial charge in [-0.2, -0.15) is 5.26 Å². The van der Waals surface area contributed by atoms with E-state index in [2.05, 4.69) is 15.3 Å². The number of quaternary nitrogens is 1. The maximum Gasteiger partial charge on any atom is 0.293 e. The molecule has 0 unspecified atom stereocenters. The highest BCUT2D eigenvalue weighted by Gasteiger charge is 2.37. The molecule has 4 rings (SSSR count). The summed E-state index contributed by atoms with van der Waals surface area (Å²) in [4.78, 5) is 22.4. The van der Waals surface area contributed by atoms with Gasteiger partial charge in [0.25, 0.3) is 11.8 Å². The van der Waals surface area contributed by atoms with Crippen LogP contribution in [-0.2, 0) is 6.54 Å². The van der Waals surface area contributed by atoms with Gasteiger partial charge >= 0.3 is 0 Å². The average molecular weight is 397 g/mol. The third-order valence-corrected chi connectivity index (χ3v) is 5.09. The molecule has 0 spiro atoms. The minimum Gasteiger partial charge on any atom is -0.329 e. The SMILES string of the molecule is N#Cc1cccnc1NC(=O)c1nc(C[NH+]2CCC(F)(F)CC2)c2ccccn12. The maximum absolute atomic E-state index is 13.4. The summed E-state index contributed by atoms with van der Waals surface area (Å²) in [7, 11) is 0. The fraction of sp³-hybridized carbons (Fsp3) is 0.300. The summed E-state index contributed by atoms with van der Waals surface area (Å²) < 4.78 is 28.5. The highest BCUT2D eigenvalue weighted by Crippen LogP contribution is 2.23. The van der Waals surface area contributed by atoms with Crippen molar-refractivity contribution < 1.29 is 18.5 Å². The summed E-state index contributed by atoms with van der Waals surface area (Å²) in [5.41, 5.74) is 1.68. The fourth-order valence-electron chi connectivity index (χ4n) is 3.53. The van der Waals surface area contributed by atoms with Gasteiger partial charge in [-0.05, 0) is 24.3 Å². The zero-order valence-corrected chi connectivity index (χ0v) is 15.5. The van der Waals surface area contributed by atoms with Gasteiger partial charge in [-0.1, -0.05) is 6.07 Å². The van der Waals surface area contributed by atoms with Crippen molar-refractivity contribution in [2.24, 2.45) is 0 Å². The average Bonchev–Trinajstić information content (AvgIpc) is 3.09. The first-order chi connectivity index (χ1) is 14.0. The molecule has 29 heavy (non-hydrogen) atoms. The first kappa shape index (κ1) is 19.0. The van der Waals surface area contributed by atoms with Crippen LogP contribution in [0.2, 0.25) is 0 Å². The van der Waals surface area contributed by atoms with Crippen LogP contribution in [0.1, 0.15) is 34.7 Å². The number of carbonyl (C=O) groups is 1. The molecule has 2 N–H and O–H groups in total. The number of alkyl halides is 2. The van der Waals surface area contributed by atoms with Crippen molar-refractivity contribution in [1.82, 2.24) is 14.4 Å². The lowest BCUT2D eigenvalue weighted by atomic mass is 10.1. The smallest absolute Gasteiger partial charge is 0.293 e. The third-order valence-electron chi connectivity index (χ3n) is 5.09. The lowest BCUT2D eigenvalue weighted by Crippen LogP contribution is -3.12. The number of nitrogens with zero attached hydrogens (tertiary/aromatic N) is 4. The van der Waals surface area contributed by atoms with Gasteiger partial charge in [0.05, 0.1) is 37.0 Å². The molecule has 3 aromatic heterocycles. The van der Waals surface area contributed by atoms with Crippen LogP contribution >= 0.6 is 0 Å². The summed E-state index contributed by atoms with van der Waals surface area (Å²) in [6.07, 6.45) is 2.93. The Kier molecular flexibility index (Phi) is 4.94. The molecular weight excluding hydrogens is 378 g/mol. The minimum absolute atomic E-state index is 0.141. The zero-order valence-electron chi connectivity index (χ0n) is 15.5. The van der Waals surface area contributed by atoms with Crippen LogP contribution in [0.4, 0.5) is 14.6 Å². The predicted octanol–water partition coefficient (Wildman–Crippen LogP) is 1.67. The summed E-state index contributed by atoms with van der Waals surface area (Å²) >= 11 is 0. The van der Waals surface area contributed by atoms with Crippen LogP contribution in [0.5, 0.6) is 0 Å². The van der Waals surface area contributed by atoms with E-state index in [9.17, 15) is 18.8 Å². The second kappa shape index (κ2) is 7.56. The number of fused-ring (bicyclic) bond motifs is 1. The molecule has 0 aliphatic carbocycles. The van der Waals surface area contributed by atoms with Crippen molar-refractivity contribution in [2.45, 2.75) is 25.3 Å². The standard InChI is InChI=1S/C20H18F2N6O/c21-20(22)6-10-27(11-7-20)13-15-16-5-1-2-9-28(16)18(25-15)19(29)26-17-14(12-23)4-3-8-24-17/h1-5,8-9H,6-7,10-11,13H2,(H,24,26,29)/p+1. The number of aromatic nitrogens is 3. The van der Waals surface area contributed by atoms with E-state index in [1.165, 1.54) is 6.20 Å². The number of amides is 1. The maximum atomic E-state index is 13.4. The predicted molar refractivity (Wildman–Crippen MR) is 101 cm³/mol. The van der Waals surface area contributed by atoms with Gasteiger partial charge in [0.15, 0.2) is 5.82 Å². The van der Waals surface area contributed by atoms with Crippen LogP contribution in [0.15, 0.2) is 42.7 Å². The molecule has 1 saturated heterocycles. The van der Waals surface area contributed by atoms with Crippen molar-refractivity contribution in [3.63, 3.8) is 0 Å². The van der Waals surface area contributed by atoms with E-state index in [-0.39, 0.29) is 30.0 Å². The van der Waals surface area contributed by atoms with Crippen LogP contribution in [0, 0.1) is 11.3 Å². The molecule has 148 valence electrons. The molecule has 0 aromatic carbocycles. The summed E-state index contributed by atoms with van der Waals surface area (Å²) in [6.45, 7) is 1.18. The molecule has 1 amide bonds. The van der Waals surface area contributed by atoms with Crippen LogP contribution in [0.3, 0.4) is 0 Å².